The molecule has 3 heterocycles. The van der Waals surface area contributed by atoms with Gasteiger partial charge in [-0.2, -0.15) is 0 Å². The number of aromatic nitrogens is 4. The average Bonchev–Trinajstić information content (AvgIpc) is 3.25. The van der Waals surface area contributed by atoms with Crippen LogP contribution in [0.5, 0.6) is 5.88 Å². The molecular formula is C23H22ClFN6O3. The summed E-state index contributed by atoms with van der Waals surface area (Å²) in [6.45, 7) is 1.22. The van der Waals surface area contributed by atoms with Crippen molar-refractivity contribution < 1.29 is 19.0 Å². The summed E-state index contributed by atoms with van der Waals surface area (Å²) in [7, 11) is 3.94. The number of aromatic amines is 1. The van der Waals surface area contributed by atoms with E-state index in [1.54, 1.807) is 12.1 Å². The maximum Gasteiger partial charge on any atom is 0.352 e. The third-order valence-corrected chi connectivity index (χ3v) is 5.22. The number of carbonyl (C=O) groups is 1. The lowest BCUT2D eigenvalue weighted by Crippen LogP contribution is -2.16. The first-order chi connectivity index (χ1) is 16.3. The zero-order chi connectivity index (χ0) is 24.2. The summed E-state index contributed by atoms with van der Waals surface area (Å²) in [5.41, 5.74) is 1.85. The molecule has 0 spiro atoms. The molecule has 0 fully saturated rings. The minimum Gasteiger partial charge on any atom is -0.477 e. The van der Waals surface area contributed by atoms with Crippen LogP contribution in [0, 0.1) is 5.82 Å². The number of halogens is 2. The molecule has 0 unspecified atom stereocenters. The lowest BCUT2D eigenvalue weighted by molar-refractivity contribution is 0.0691. The van der Waals surface area contributed by atoms with Crippen molar-refractivity contribution in [3.63, 3.8) is 0 Å². The lowest BCUT2D eigenvalue weighted by Gasteiger charge is -2.15. The SMILES string of the molecule is CN(C)CCCOc1nnc(-c2cc(Cl)ccc2F)cc1Nc1ccnc2[nH]c(C(=O)O)cc12. The van der Waals surface area contributed by atoms with Crippen LogP contribution in [0.15, 0.2) is 42.6 Å². The molecular weight excluding hydrogens is 463 g/mol. The summed E-state index contributed by atoms with van der Waals surface area (Å²) >= 11 is 6.05. The molecule has 0 amide bonds. The van der Waals surface area contributed by atoms with Gasteiger partial charge in [-0.3, -0.25) is 0 Å². The van der Waals surface area contributed by atoms with Crippen molar-refractivity contribution in [1.29, 1.82) is 0 Å². The Kier molecular flexibility index (Phi) is 6.90. The van der Waals surface area contributed by atoms with E-state index in [0.717, 1.165) is 13.0 Å². The van der Waals surface area contributed by atoms with E-state index in [-0.39, 0.29) is 22.8 Å². The van der Waals surface area contributed by atoms with Gasteiger partial charge in [0.1, 0.15) is 22.8 Å². The van der Waals surface area contributed by atoms with Crippen molar-refractivity contribution in [2.45, 2.75) is 6.42 Å². The molecule has 11 heteroatoms. The first-order valence-corrected chi connectivity index (χ1v) is 10.8. The Balaban J connectivity index is 1.73. The Labute approximate surface area is 199 Å². The summed E-state index contributed by atoms with van der Waals surface area (Å²) in [5, 5.41) is 21.8. The van der Waals surface area contributed by atoms with Crippen molar-refractivity contribution in [3.8, 4) is 17.1 Å². The number of benzene rings is 1. The van der Waals surface area contributed by atoms with E-state index in [9.17, 15) is 14.3 Å². The van der Waals surface area contributed by atoms with Crippen molar-refractivity contribution in [1.82, 2.24) is 25.1 Å². The van der Waals surface area contributed by atoms with E-state index in [4.69, 9.17) is 16.3 Å². The van der Waals surface area contributed by atoms with Gasteiger partial charge in [-0.25, -0.2) is 14.2 Å². The number of nitrogens with zero attached hydrogens (tertiary/aromatic N) is 4. The van der Waals surface area contributed by atoms with Crippen LogP contribution in [-0.2, 0) is 0 Å². The fourth-order valence-electron chi connectivity index (χ4n) is 3.35. The topological polar surface area (TPSA) is 116 Å². The standard InChI is InChI=1S/C23H22ClFN6O3/c1-31(2)8-3-9-34-22-19(12-18(29-30-22)14-10-13(24)4-5-16(14)25)27-17-6-7-26-21-15(17)11-20(28-21)23(32)33/h4-7,10-12H,3,8-9H2,1-2H3,(H,32,33)(H2,26,27,28,29). The highest BCUT2D eigenvalue weighted by atomic mass is 35.5. The van der Waals surface area contributed by atoms with Gasteiger partial charge in [-0.15, -0.1) is 10.2 Å². The van der Waals surface area contributed by atoms with Crippen LogP contribution in [0.2, 0.25) is 5.02 Å². The van der Waals surface area contributed by atoms with Gasteiger partial charge in [0, 0.05) is 28.7 Å². The molecule has 3 aromatic heterocycles. The number of hydrogen-bond donors (Lipinski definition) is 3. The highest BCUT2D eigenvalue weighted by molar-refractivity contribution is 6.30. The van der Waals surface area contributed by atoms with Crippen LogP contribution in [-0.4, -0.2) is 63.4 Å². The van der Waals surface area contributed by atoms with Crippen LogP contribution in [0.25, 0.3) is 22.3 Å². The molecule has 0 saturated carbocycles. The predicted molar refractivity (Wildman–Crippen MR) is 127 cm³/mol. The fourth-order valence-corrected chi connectivity index (χ4v) is 3.52. The molecule has 0 aliphatic carbocycles. The van der Waals surface area contributed by atoms with Crippen molar-refractivity contribution in [3.05, 3.63) is 59.1 Å². The van der Waals surface area contributed by atoms with E-state index >= 15 is 0 Å². The quantitative estimate of drug-likeness (QED) is 0.295. The smallest absolute Gasteiger partial charge is 0.352 e. The zero-order valence-electron chi connectivity index (χ0n) is 18.5. The Morgan fingerprint density at radius 3 is 2.79 bits per heavy atom. The van der Waals surface area contributed by atoms with Crippen LogP contribution < -0.4 is 10.1 Å². The molecule has 0 radical (unpaired) electrons. The predicted octanol–water partition coefficient (Wildman–Crippen LogP) is 4.58. The second-order valence-corrected chi connectivity index (χ2v) is 8.25. The number of carboxylic acids is 1. The number of ether oxygens (including phenoxy) is 1. The molecule has 0 aliphatic heterocycles. The normalized spacial score (nSPS) is 11.2. The Morgan fingerprint density at radius 1 is 1.21 bits per heavy atom. The second kappa shape index (κ2) is 10.0. The molecule has 34 heavy (non-hydrogen) atoms. The monoisotopic (exact) mass is 484 g/mol. The summed E-state index contributed by atoms with van der Waals surface area (Å²) < 4.78 is 20.3. The molecule has 3 N–H and O–H groups in total. The number of rotatable bonds is 9. The maximum absolute atomic E-state index is 14.5. The fraction of sp³-hybridized carbons (Fsp3) is 0.217. The number of nitrogens with one attached hydrogen (secondary N) is 2. The molecule has 0 aliphatic rings. The Bertz CT molecular complexity index is 1340. The van der Waals surface area contributed by atoms with Crippen molar-refractivity contribution in [2.24, 2.45) is 0 Å². The molecule has 0 saturated heterocycles. The third kappa shape index (κ3) is 5.24. The van der Waals surface area contributed by atoms with Gasteiger partial charge >= 0.3 is 5.97 Å². The third-order valence-electron chi connectivity index (χ3n) is 4.98. The average molecular weight is 485 g/mol. The summed E-state index contributed by atoms with van der Waals surface area (Å²) in [6.07, 6.45) is 2.30. The maximum atomic E-state index is 14.5. The molecule has 0 bridgehead atoms. The molecule has 176 valence electrons. The summed E-state index contributed by atoms with van der Waals surface area (Å²) in [6, 6.07) is 8.97. The molecule has 9 nitrogen and oxygen atoms in total. The van der Waals surface area contributed by atoms with E-state index < -0.39 is 11.8 Å². The van der Waals surface area contributed by atoms with Gasteiger partial charge in [0.2, 0.25) is 0 Å². The number of H-pyrrole nitrogens is 1. The minimum absolute atomic E-state index is 0.00597. The van der Waals surface area contributed by atoms with E-state index in [1.807, 2.05) is 19.0 Å². The van der Waals surface area contributed by atoms with Crippen LogP contribution >= 0.6 is 11.6 Å². The number of pyridine rings is 1. The van der Waals surface area contributed by atoms with Crippen molar-refractivity contribution in [2.75, 3.05) is 32.6 Å². The highest BCUT2D eigenvalue weighted by Gasteiger charge is 2.16. The summed E-state index contributed by atoms with van der Waals surface area (Å²) in [5.74, 6) is -1.37. The van der Waals surface area contributed by atoms with E-state index in [1.165, 1.54) is 30.5 Å². The van der Waals surface area contributed by atoms with Crippen LogP contribution in [0.1, 0.15) is 16.9 Å². The number of carboxylic acid groups (broad SMARTS) is 1. The van der Waals surface area contributed by atoms with Crippen molar-refractivity contribution >= 4 is 40.0 Å². The Morgan fingerprint density at radius 2 is 2.03 bits per heavy atom. The van der Waals surface area contributed by atoms with Gasteiger partial charge in [-0.05, 0) is 56.9 Å². The van der Waals surface area contributed by atoms with Gasteiger partial charge in [0.15, 0.2) is 0 Å². The molecule has 1 aromatic carbocycles. The van der Waals surface area contributed by atoms with E-state index in [0.29, 0.717) is 34.0 Å². The lowest BCUT2D eigenvalue weighted by atomic mass is 10.1. The van der Waals surface area contributed by atoms with E-state index in [2.05, 4.69) is 25.5 Å². The second-order valence-electron chi connectivity index (χ2n) is 7.81. The highest BCUT2D eigenvalue weighted by Crippen LogP contribution is 2.33. The molecule has 4 rings (SSSR count). The number of anilines is 2. The Hall–Kier alpha value is -3.76. The van der Waals surface area contributed by atoms with Gasteiger partial charge < -0.3 is 25.0 Å². The minimum atomic E-state index is -1.10. The molecule has 0 atom stereocenters. The van der Waals surface area contributed by atoms with Crippen LogP contribution in [0.3, 0.4) is 0 Å². The number of fused-ring (bicyclic) bond motifs is 1. The first-order valence-electron chi connectivity index (χ1n) is 10.4. The van der Waals surface area contributed by atoms with Gasteiger partial charge in [0.05, 0.1) is 18.0 Å². The van der Waals surface area contributed by atoms with Gasteiger partial charge in [-0.1, -0.05) is 11.6 Å². The number of hydrogen-bond acceptors (Lipinski definition) is 7. The summed E-state index contributed by atoms with van der Waals surface area (Å²) in [4.78, 5) is 20.4. The largest absolute Gasteiger partial charge is 0.477 e. The zero-order valence-corrected chi connectivity index (χ0v) is 19.2. The van der Waals surface area contributed by atoms with Gasteiger partial charge in [0.25, 0.3) is 5.88 Å². The van der Waals surface area contributed by atoms with Crippen LogP contribution in [0.4, 0.5) is 15.8 Å². The molecule has 4 aromatic rings. The first kappa shape index (κ1) is 23.4. The number of aromatic carboxylic acids is 1.